The highest BCUT2D eigenvalue weighted by Crippen LogP contribution is 2.38. The molecule has 8 heteroatoms. The van der Waals surface area contributed by atoms with Crippen molar-refractivity contribution >= 4 is 11.8 Å². The number of benzene rings is 1. The smallest absolute Gasteiger partial charge is 0.316 e. The van der Waals surface area contributed by atoms with Crippen molar-refractivity contribution in [3.63, 3.8) is 0 Å². The highest BCUT2D eigenvalue weighted by molar-refractivity contribution is 7.98. The second-order valence-electron chi connectivity index (χ2n) is 7.29. The predicted molar refractivity (Wildman–Crippen MR) is 116 cm³/mol. The molecule has 1 aliphatic carbocycles. The van der Waals surface area contributed by atoms with Crippen molar-refractivity contribution in [2.75, 3.05) is 19.3 Å². The largest absolute Gasteiger partial charge is 0.467 e. The van der Waals surface area contributed by atoms with E-state index in [4.69, 9.17) is 14.5 Å². The minimum absolute atomic E-state index is 0.271. The van der Waals surface area contributed by atoms with Gasteiger partial charge in [-0.2, -0.15) is 4.98 Å². The number of ether oxygens (including phenoxy) is 2. The van der Waals surface area contributed by atoms with E-state index in [0.29, 0.717) is 18.2 Å². The van der Waals surface area contributed by atoms with Crippen molar-refractivity contribution in [2.24, 2.45) is 0 Å². The molecule has 2 heterocycles. The summed E-state index contributed by atoms with van der Waals surface area (Å²) < 4.78 is 26.8. The van der Waals surface area contributed by atoms with Crippen molar-refractivity contribution in [1.82, 2.24) is 19.5 Å². The third-order valence-corrected chi connectivity index (χ3v) is 5.80. The lowest BCUT2D eigenvalue weighted by molar-refractivity contribution is 0.0489. The van der Waals surface area contributed by atoms with Crippen molar-refractivity contribution in [3.05, 3.63) is 48.7 Å². The van der Waals surface area contributed by atoms with Crippen LogP contribution in [0.1, 0.15) is 31.7 Å². The Kier molecular flexibility index (Phi) is 6.64. The molecule has 0 aliphatic heterocycles. The van der Waals surface area contributed by atoms with E-state index < -0.39 is 0 Å². The van der Waals surface area contributed by atoms with Gasteiger partial charge in [-0.25, -0.2) is 14.4 Å². The fraction of sp³-hybridized carbons (Fsp3) is 0.409. The zero-order valence-corrected chi connectivity index (χ0v) is 17.9. The first-order valence-electron chi connectivity index (χ1n) is 10.00. The molecule has 0 atom stereocenters. The van der Waals surface area contributed by atoms with Gasteiger partial charge in [0.1, 0.15) is 5.82 Å². The van der Waals surface area contributed by atoms with Crippen LogP contribution in [0.15, 0.2) is 42.9 Å². The predicted octanol–water partition coefficient (Wildman–Crippen LogP) is 4.98. The molecule has 1 aromatic carbocycles. The third kappa shape index (κ3) is 4.49. The SMILES string of the molecule is COc1nccc(-c2c(-c3ccc(F)cc3)ncn2C2CCC(OCSC)CC2)n1. The molecule has 1 saturated carbocycles. The Hall–Kier alpha value is -2.45. The molecular weight excluding hydrogens is 403 g/mol. The van der Waals surface area contributed by atoms with E-state index in [9.17, 15) is 4.39 Å². The number of nitrogens with zero attached hydrogens (tertiary/aromatic N) is 4. The lowest BCUT2D eigenvalue weighted by Crippen LogP contribution is -2.23. The first kappa shape index (κ1) is 20.8. The monoisotopic (exact) mass is 428 g/mol. The lowest BCUT2D eigenvalue weighted by Gasteiger charge is -2.30. The van der Waals surface area contributed by atoms with Gasteiger partial charge >= 0.3 is 6.01 Å². The van der Waals surface area contributed by atoms with Gasteiger partial charge in [-0.1, -0.05) is 0 Å². The van der Waals surface area contributed by atoms with Crippen LogP contribution in [0.2, 0.25) is 0 Å². The van der Waals surface area contributed by atoms with E-state index in [1.807, 2.05) is 12.4 Å². The Morgan fingerprint density at radius 3 is 2.57 bits per heavy atom. The summed E-state index contributed by atoms with van der Waals surface area (Å²) in [7, 11) is 1.55. The van der Waals surface area contributed by atoms with E-state index in [-0.39, 0.29) is 5.82 Å². The van der Waals surface area contributed by atoms with Gasteiger partial charge in [0.25, 0.3) is 0 Å². The van der Waals surface area contributed by atoms with Crippen molar-refractivity contribution in [2.45, 2.75) is 37.8 Å². The minimum Gasteiger partial charge on any atom is -0.467 e. The van der Waals surface area contributed by atoms with Gasteiger partial charge in [-0.3, -0.25) is 0 Å². The number of methoxy groups -OCH3 is 1. The summed E-state index contributed by atoms with van der Waals surface area (Å²) in [5.41, 5.74) is 3.26. The second-order valence-corrected chi connectivity index (χ2v) is 8.10. The summed E-state index contributed by atoms with van der Waals surface area (Å²) in [6.07, 6.45) is 9.97. The van der Waals surface area contributed by atoms with Crippen LogP contribution in [-0.2, 0) is 4.74 Å². The van der Waals surface area contributed by atoms with Gasteiger partial charge < -0.3 is 14.0 Å². The summed E-state index contributed by atoms with van der Waals surface area (Å²) >= 11 is 1.71. The number of hydrogen-bond donors (Lipinski definition) is 0. The molecule has 0 bridgehead atoms. The molecule has 30 heavy (non-hydrogen) atoms. The van der Waals surface area contributed by atoms with Crippen LogP contribution in [0.4, 0.5) is 4.39 Å². The summed E-state index contributed by atoms with van der Waals surface area (Å²) in [4.78, 5) is 13.4. The third-order valence-electron chi connectivity index (χ3n) is 5.43. The van der Waals surface area contributed by atoms with Gasteiger partial charge in [-0.05, 0) is 62.3 Å². The molecule has 6 nitrogen and oxygen atoms in total. The first-order chi connectivity index (χ1) is 14.7. The van der Waals surface area contributed by atoms with Crippen molar-refractivity contribution in [3.8, 4) is 28.7 Å². The van der Waals surface area contributed by atoms with Gasteiger partial charge in [0.05, 0.1) is 42.6 Å². The molecule has 0 saturated heterocycles. The number of rotatable bonds is 7. The number of halogens is 1. The molecule has 0 unspecified atom stereocenters. The average Bonchev–Trinajstić information content (AvgIpc) is 3.23. The van der Waals surface area contributed by atoms with Crippen LogP contribution in [0.3, 0.4) is 0 Å². The highest BCUT2D eigenvalue weighted by atomic mass is 32.2. The summed E-state index contributed by atoms with van der Waals surface area (Å²) in [5, 5.41) is 0. The Morgan fingerprint density at radius 2 is 1.87 bits per heavy atom. The van der Waals surface area contributed by atoms with Crippen LogP contribution in [-0.4, -0.2) is 44.9 Å². The lowest BCUT2D eigenvalue weighted by atomic mass is 9.92. The van der Waals surface area contributed by atoms with Gasteiger partial charge in [0.2, 0.25) is 0 Å². The number of imidazole rings is 1. The Balaban J connectivity index is 1.69. The average molecular weight is 429 g/mol. The van der Waals surface area contributed by atoms with Gasteiger partial charge in [0.15, 0.2) is 0 Å². The zero-order chi connectivity index (χ0) is 20.9. The first-order valence-corrected chi connectivity index (χ1v) is 11.4. The maximum absolute atomic E-state index is 13.5. The van der Waals surface area contributed by atoms with Gasteiger partial charge in [-0.15, -0.1) is 11.8 Å². The van der Waals surface area contributed by atoms with Crippen LogP contribution < -0.4 is 4.74 Å². The van der Waals surface area contributed by atoms with Crippen molar-refractivity contribution in [1.29, 1.82) is 0 Å². The summed E-state index contributed by atoms with van der Waals surface area (Å²) in [5.74, 6) is 0.466. The fourth-order valence-corrected chi connectivity index (χ4v) is 4.26. The molecule has 0 N–H and O–H groups in total. The summed E-state index contributed by atoms with van der Waals surface area (Å²) in [6.45, 7) is 0. The van der Waals surface area contributed by atoms with E-state index in [0.717, 1.165) is 54.3 Å². The van der Waals surface area contributed by atoms with Crippen molar-refractivity contribution < 1.29 is 13.9 Å². The normalized spacial score (nSPS) is 19.0. The van der Waals surface area contributed by atoms with Crippen LogP contribution in [0, 0.1) is 5.82 Å². The molecule has 158 valence electrons. The zero-order valence-electron chi connectivity index (χ0n) is 17.1. The van der Waals surface area contributed by atoms with E-state index in [1.165, 1.54) is 12.1 Å². The Bertz CT molecular complexity index is 972. The highest BCUT2D eigenvalue weighted by Gasteiger charge is 2.27. The van der Waals surface area contributed by atoms with E-state index in [1.54, 1.807) is 37.2 Å². The van der Waals surface area contributed by atoms with Gasteiger partial charge in [0, 0.05) is 17.8 Å². The van der Waals surface area contributed by atoms with Crippen LogP contribution in [0.5, 0.6) is 6.01 Å². The maximum atomic E-state index is 13.5. The fourth-order valence-electron chi connectivity index (χ4n) is 3.94. The Morgan fingerprint density at radius 1 is 1.10 bits per heavy atom. The number of hydrogen-bond acceptors (Lipinski definition) is 6. The van der Waals surface area contributed by atoms with Crippen LogP contribution in [0.25, 0.3) is 22.6 Å². The quantitative estimate of drug-likeness (QED) is 0.495. The molecule has 0 amide bonds. The molecule has 3 aromatic rings. The topological polar surface area (TPSA) is 62.1 Å². The number of thioether (sulfide) groups is 1. The molecule has 4 rings (SSSR count). The molecule has 1 aliphatic rings. The summed E-state index contributed by atoms with van der Waals surface area (Å²) in [6, 6.07) is 8.86. The van der Waals surface area contributed by atoms with Crippen LogP contribution >= 0.6 is 11.8 Å². The minimum atomic E-state index is -0.271. The maximum Gasteiger partial charge on any atom is 0.316 e. The molecular formula is C22H25FN4O2S. The van der Waals surface area contributed by atoms with E-state index in [2.05, 4.69) is 20.8 Å². The molecule has 0 radical (unpaired) electrons. The van der Waals surface area contributed by atoms with E-state index >= 15 is 0 Å². The standard InChI is InChI=1S/C22H25FN4O2S/c1-28-22-24-12-11-19(26-22)21-20(15-3-5-16(23)6-4-15)25-13-27(21)17-7-9-18(10-8-17)29-14-30-2/h3-6,11-13,17-18H,7-10,14H2,1-2H3. The molecule has 1 fully saturated rings. The molecule has 0 spiro atoms. The number of aromatic nitrogens is 4. The Labute approximate surface area is 179 Å². The second kappa shape index (κ2) is 9.57. The molecule has 2 aromatic heterocycles.